The van der Waals surface area contributed by atoms with Gasteiger partial charge >= 0.3 is 12.2 Å². The molecule has 3 amide bonds. The lowest BCUT2D eigenvalue weighted by atomic mass is 9.88. The molecule has 0 saturated carbocycles. The predicted octanol–water partition coefficient (Wildman–Crippen LogP) is 4.20. The molecule has 1 saturated heterocycles. The first kappa shape index (κ1) is 26.4. The molecule has 3 heterocycles. The van der Waals surface area contributed by atoms with E-state index in [1.807, 2.05) is 6.07 Å². The fraction of sp³-hybridized carbons (Fsp3) is 0.269. The quantitative estimate of drug-likeness (QED) is 0.516. The summed E-state index contributed by atoms with van der Waals surface area (Å²) in [5.74, 6) is -0.339. The Morgan fingerprint density at radius 1 is 1.08 bits per heavy atom. The number of hydrogen-bond donors (Lipinski definition) is 2. The summed E-state index contributed by atoms with van der Waals surface area (Å²) in [5.41, 5.74) is 0.525. The van der Waals surface area contributed by atoms with E-state index in [-0.39, 0.29) is 18.7 Å². The highest BCUT2D eigenvalue weighted by molar-refractivity contribution is 5.94. The van der Waals surface area contributed by atoms with Gasteiger partial charge in [-0.25, -0.2) is 4.79 Å². The molecule has 2 aromatic heterocycles. The number of likely N-dealkylation sites (tertiary alicyclic amines) is 1. The molecular weight excluding hydrogens is 501 g/mol. The van der Waals surface area contributed by atoms with Gasteiger partial charge in [-0.05, 0) is 55.0 Å². The highest BCUT2D eigenvalue weighted by atomic mass is 19.4. The number of nitriles is 1. The van der Waals surface area contributed by atoms with Crippen molar-refractivity contribution in [2.24, 2.45) is 0 Å². The third-order valence-corrected chi connectivity index (χ3v) is 6.16. The molecule has 1 fully saturated rings. The molecule has 4 rings (SSSR count). The monoisotopic (exact) mass is 524 g/mol. The number of methoxy groups -OCH3 is 1. The molecule has 1 aromatic carbocycles. The van der Waals surface area contributed by atoms with E-state index in [4.69, 9.17) is 10.00 Å². The number of hydrogen-bond acceptors (Lipinski definition) is 6. The first-order valence-corrected chi connectivity index (χ1v) is 11.6. The van der Waals surface area contributed by atoms with Crippen molar-refractivity contribution < 1.29 is 27.5 Å². The van der Waals surface area contributed by atoms with Crippen molar-refractivity contribution in [2.75, 3.05) is 25.5 Å². The van der Waals surface area contributed by atoms with E-state index in [2.05, 4.69) is 20.6 Å². The van der Waals surface area contributed by atoms with E-state index >= 15 is 0 Å². The molecule has 0 radical (unpaired) electrons. The van der Waals surface area contributed by atoms with E-state index in [1.165, 1.54) is 18.2 Å². The van der Waals surface area contributed by atoms with Gasteiger partial charge in [0.25, 0.3) is 5.91 Å². The molecule has 0 unspecified atom stereocenters. The van der Waals surface area contributed by atoms with Gasteiger partial charge in [0.05, 0.1) is 30.5 Å². The molecule has 0 spiro atoms. The zero-order valence-electron chi connectivity index (χ0n) is 20.2. The van der Waals surface area contributed by atoms with Crippen molar-refractivity contribution in [1.82, 2.24) is 20.2 Å². The molecule has 12 heteroatoms. The van der Waals surface area contributed by atoms with Crippen LogP contribution in [-0.4, -0.2) is 53.0 Å². The summed E-state index contributed by atoms with van der Waals surface area (Å²) in [5, 5.41) is 14.6. The number of rotatable bonds is 5. The summed E-state index contributed by atoms with van der Waals surface area (Å²) in [6, 6.07) is 12.9. The van der Waals surface area contributed by atoms with Crippen LogP contribution >= 0.6 is 0 Å². The van der Waals surface area contributed by atoms with E-state index in [0.29, 0.717) is 29.1 Å². The number of amides is 3. The van der Waals surface area contributed by atoms with Crippen molar-refractivity contribution in [3.8, 4) is 11.8 Å². The second kappa shape index (κ2) is 11.2. The van der Waals surface area contributed by atoms with E-state index in [0.717, 1.165) is 18.3 Å². The molecule has 9 nitrogen and oxygen atoms in total. The largest absolute Gasteiger partial charge is 0.495 e. The number of pyridine rings is 2. The second-order valence-corrected chi connectivity index (χ2v) is 8.59. The minimum atomic E-state index is -4.60. The number of halogens is 3. The standard InChI is InChI=1S/C26H23F3N6O3/c1-38-19-7-8-21(31-14-19)20-15-35(24(36)17-4-9-23(32-13-17)26(27,28)29)11-10-22(20)34-25(37)33-18-5-2-16(12-30)3-6-18/h2-9,13-14,20,22H,10-11,15H2,1H3,(H2,33,34,37)/t20-,22+/m0/s1. The maximum absolute atomic E-state index is 13.1. The Bertz CT molecular complexity index is 1320. The Morgan fingerprint density at radius 3 is 2.42 bits per heavy atom. The summed E-state index contributed by atoms with van der Waals surface area (Å²) >= 11 is 0. The zero-order valence-corrected chi connectivity index (χ0v) is 20.2. The Kier molecular flexibility index (Phi) is 7.76. The van der Waals surface area contributed by atoms with Crippen molar-refractivity contribution >= 4 is 17.6 Å². The van der Waals surface area contributed by atoms with Gasteiger partial charge in [0, 0.05) is 42.6 Å². The normalized spacial score (nSPS) is 17.3. The Balaban J connectivity index is 1.51. The molecule has 0 aliphatic carbocycles. The molecule has 0 bridgehead atoms. The smallest absolute Gasteiger partial charge is 0.433 e. The van der Waals surface area contributed by atoms with Gasteiger partial charge in [-0.3, -0.25) is 14.8 Å². The number of nitrogens with one attached hydrogen (secondary N) is 2. The number of ether oxygens (including phenoxy) is 1. The summed E-state index contributed by atoms with van der Waals surface area (Å²) in [7, 11) is 1.51. The van der Waals surface area contributed by atoms with Crippen LogP contribution in [-0.2, 0) is 6.18 Å². The summed E-state index contributed by atoms with van der Waals surface area (Å²) < 4.78 is 43.8. The van der Waals surface area contributed by atoms with Gasteiger partial charge in [-0.2, -0.15) is 18.4 Å². The summed E-state index contributed by atoms with van der Waals surface area (Å²) in [4.78, 5) is 35.2. The van der Waals surface area contributed by atoms with E-state index in [9.17, 15) is 22.8 Å². The highest BCUT2D eigenvalue weighted by Crippen LogP contribution is 2.30. The number of aromatic nitrogens is 2. The maximum Gasteiger partial charge on any atom is 0.433 e. The first-order chi connectivity index (χ1) is 18.2. The summed E-state index contributed by atoms with van der Waals surface area (Å²) in [6.45, 7) is 0.426. The highest BCUT2D eigenvalue weighted by Gasteiger charge is 2.36. The van der Waals surface area contributed by atoms with Crippen LogP contribution in [0.25, 0.3) is 0 Å². The van der Waals surface area contributed by atoms with Gasteiger partial charge < -0.3 is 20.3 Å². The second-order valence-electron chi connectivity index (χ2n) is 8.59. The minimum absolute atomic E-state index is 0.0319. The van der Waals surface area contributed by atoms with Crippen LogP contribution in [0.3, 0.4) is 0 Å². The van der Waals surface area contributed by atoms with E-state index in [1.54, 1.807) is 36.4 Å². The molecule has 1 aliphatic rings. The number of nitrogens with zero attached hydrogens (tertiary/aromatic N) is 4. The number of alkyl halides is 3. The van der Waals surface area contributed by atoms with Crippen LogP contribution in [0.5, 0.6) is 5.75 Å². The van der Waals surface area contributed by atoms with Crippen LogP contribution in [0.2, 0.25) is 0 Å². The number of anilines is 1. The van der Waals surface area contributed by atoms with Crippen LogP contribution in [0.15, 0.2) is 60.9 Å². The Morgan fingerprint density at radius 2 is 1.84 bits per heavy atom. The first-order valence-electron chi connectivity index (χ1n) is 11.6. The number of piperidine rings is 1. The van der Waals surface area contributed by atoms with Crippen LogP contribution in [0.4, 0.5) is 23.7 Å². The molecule has 2 atom stereocenters. The van der Waals surface area contributed by atoms with Crippen molar-refractivity contribution in [3.63, 3.8) is 0 Å². The topological polar surface area (TPSA) is 120 Å². The number of carbonyl (C=O) groups excluding carboxylic acids is 2. The molecule has 38 heavy (non-hydrogen) atoms. The Labute approximate surface area is 216 Å². The predicted molar refractivity (Wildman–Crippen MR) is 130 cm³/mol. The lowest BCUT2D eigenvalue weighted by molar-refractivity contribution is -0.141. The number of benzene rings is 1. The SMILES string of the molecule is COc1ccc([C@@H]2CN(C(=O)c3ccc(C(F)(F)F)nc3)CC[C@H]2NC(=O)Nc2ccc(C#N)cc2)nc1. The van der Waals surface area contributed by atoms with Crippen LogP contribution in [0.1, 0.15) is 39.6 Å². The molecule has 2 N–H and O–H groups in total. The van der Waals surface area contributed by atoms with Crippen molar-refractivity contribution in [3.05, 3.63) is 83.4 Å². The summed E-state index contributed by atoms with van der Waals surface area (Å²) in [6.07, 6.45) is -1.78. The van der Waals surface area contributed by atoms with Gasteiger partial charge in [0.2, 0.25) is 0 Å². The van der Waals surface area contributed by atoms with Gasteiger partial charge in [-0.1, -0.05) is 0 Å². The average Bonchev–Trinajstić information content (AvgIpc) is 2.93. The van der Waals surface area contributed by atoms with Gasteiger partial charge in [-0.15, -0.1) is 0 Å². The Hall–Kier alpha value is -4.66. The fourth-order valence-corrected chi connectivity index (χ4v) is 4.18. The molecule has 3 aromatic rings. The number of carbonyl (C=O) groups is 2. The third-order valence-electron chi connectivity index (χ3n) is 6.16. The van der Waals surface area contributed by atoms with Gasteiger partial charge in [0.1, 0.15) is 11.4 Å². The lowest BCUT2D eigenvalue weighted by Crippen LogP contribution is -2.52. The van der Waals surface area contributed by atoms with Crippen molar-refractivity contribution in [1.29, 1.82) is 5.26 Å². The third kappa shape index (κ3) is 6.18. The minimum Gasteiger partial charge on any atom is -0.495 e. The molecule has 1 aliphatic heterocycles. The van der Waals surface area contributed by atoms with Gasteiger partial charge in [0.15, 0.2) is 0 Å². The van der Waals surface area contributed by atoms with Crippen LogP contribution < -0.4 is 15.4 Å². The maximum atomic E-state index is 13.1. The fourth-order valence-electron chi connectivity index (χ4n) is 4.18. The molecule has 196 valence electrons. The van der Waals surface area contributed by atoms with E-state index < -0.39 is 35.8 Å². The molecular formula is C26H23F3N6O3. The zero-order chi connectivity index (χ0) is 27.3. The average molecular weight is 525 g/mol. The number of urea groups is 1. The van der Waals surface area contributed by atoms with Crippen molar-refractivity contribution in [2.45, 2.75) is 24.6 Å². The lowest BCUT2D eigenvalue weighted by Gasteiger charge is -2.38. The van der Waals surface area contributed by atoms with Crippen LogP contribution in [0, 0.1) is 11.3 Å².